The minimum atomic E-state index is 1.06. The molecule has 0 unspecified atom stereocenters. The summed E-state index contributed by atoms with van der Waals surface area (Å²) >= 11 is 1.86. The number of nitrogens with zero attached hydrogens (tertiary/aromatic N) is 1. The monoisotopic (exact) mass is 361 g/mol. The molecule has 0 aliphatic carbocycles. The van der Waals surface area contributed by atoms with Gasteiger partial charge in [0.2, 0.25) is 0 Å². The largest absolute Gasteiger partial charge is 0.247 e. The third-order valence-electron chi connectivity index (χ3n) is 5.24. The van der Waals surface area contributed by atoms with Crippen LogP contribution < -0.4 is 0 Å². The smallest absolute Gasteiger partial charge is 0.0803 e. The third-order valence-corrected chi connectivity index (χ3v) is 6.44. The molecule has 0 aliphatic heterocycles. The molecule has 27 heavy (non-hydrogen) atoms. The Balaban J connectivity index is 1.80. The van der Waals surface area contributed by atoms with E-state index in [2.05, 4.69) is 91.0 Å². The number of hydrogen-bond donors (Lipinski definition) is 0. The molecule has 6 rings (SSSR count). The predicted octanol–water partition coefficient (Wildman–Crippen LogP) is 7.42. The summed E-state index contributed by atoms with van der Waals surface area (Å²) in [5, 5.41) is 6.30. The van der Waals surface area contributed by atoms with Crippen LogP contribution in [0.1, 0.15) is 0 Å². The van der Waals surface area contributed by atoms with Gasteiger partial charge in [0.05, 0.1) is 11.2 Å². The van der Waals surface area contributed by atoms with Crippen LogP contribution in [0.25, 0.3) is 53.1 Å². The summed E-state index contributed by atoms with van der Waals surface area (Å²) in [5.74, 6) is 0. The van der Waals surface area contributed by atoms with Crippen molar-refractivity contribution in [2.75, 3.05) is 0 Å². The van der Waals surface area contributed by atoms with Crippen LogP contribution in [0.2, 0.25) is 0 Å². The van der Waals surface area contributed by atoms with Gasteiger partial charge in [-0.15, -0.1) is 11.3 Å². The van der Waals surface area contributed by atoms with Gasteiger partial charge in [0.25, 0.3) is 0 Å². The number of thiophene rings is 1. The van der Waals surface area contributed by atoms with Gasteiger partial charge in [-0.1, -0.05) is 72.8 Å². The van der Waals surface area contributed by atoms with Crippen LogP contribution in [0.15, 0.2) is 91.0 Å². The molecule has 2 aromatic heterocycles. The highest BCUT2D eigenvalue weighted by Crippen LogP contribution is 2.42. The standard InChI is InChI=1S/C25H15NS/c1-2-8-17-15-18(14-13-16(17)7-1)24-23-20-10-4-6-12-22(20)27-25(23)19-9-3-5-11-21(19)26-24/h1-15H. The average molecular weight is 361 g/mol. The molecule has 0 saturated carbocycles. The Morgan fingerprint density at radius 1 is 0.630 bits per heavy atom. The first-order valence-corrected chi connectivity index (χ1v) is 9.89. The lowest BCUT2D eigenvalue weighted by Crippen LogP contribution is -1.88. The Morgan fingerprint density at radius 2 is 1.37 bits per heavy atom. The number of pyridine rings is 1. The zero-order valence-corrected chi connectivity index (χ0v) is 15.3. The number of rotatable bonds is 1. The first-order valence-electron chi connectivity index (χ1n) is 9.08. The van der Waals surface area contributed by atoms with Crippen molar-refractivity contribution in [3.8, 4) is 11.3 Å². The van der Waals surface area contributed by atoms with Crippen molar-refractivity contribution in [2.45, 2.75) is 0 Å². The molecule has 0 atom stereocenters. The van der Waals surface area contributed by atoms with E-state index in [0.717, 1.165) is 11.2 Å². The van der Waals surface area contributed by atoms with Crippen LogP contribution in [0.4, 0.5) is 0 Å². The van der Waals surface area contributed by atoms with E-state index in [0.29, 0.717) is 0 Å². The Hall–Kier alpha value is -3.23. The van der Waals surface area contributed by atoms with E-state index in [9.17, 15) is 0 Å². The van der Waals surface area contributed by atoms with Crippen LogP contribution in [-0.2, 0) is 0 Å². The molecule has 126 valence electrons. The molecule has 0 aliphatic rings. The average Bonchev–Trinajstić information content (AvgIpc) is 3.13. The van der Waals surface area contributed by atoms with Gasteiger partial charge in [-0.3, -0.25) is 0 Å². The summed E-state index contributed by atoms with van der Waals surface area (Å²) in [4.78, 5) is 5.11. The summed E-state index contributed by atoms with van der Waals surface area (Å²) < 4.78 is 2.64. The molecule has 6 aromatic rings. The lowest BCUT2D eigenvalue weighted by molar-refractivity contribution is 1.44. The Labute approximate surface area is 160 Å². The van der Waals surface area contributed by atoms with Crippen molar-refractivity contribution in [1.29, 1.82) is 0 Å². The van der Waals surface area contributed by atoms with E-state index < -0.39 is 0 Å². The second-order valence-corrected chi connectivity index (χ2v) is 7.89. The van der Waals surface area contributed by atoms with Gasteiger partial charge in [-0.25, -0.2) is 4.98 Å². The summed E-state index contributed by atoms with van der Waals surface area (Å²) in [7, 11) is 0. The maximum absolute atomic E-state index is 5.11. The molecule has 0 fully saturated rings. The molecule has 1 nitrogen and oxygen atoms in total. The van der Waals surface area contributed by atoms with Crippen LogP contribution >= 0.6 is 11.3 Å². The quantitative estimate of drug-likeness (QED) is 0.297. The van der Waals surface area contributed by atoms with Crippen molar-refractivity contribution in [2.24, 2.45) is 0 Å². The Bertz CT molecular complexity index is 1480. The van der Waals surface area contributed by atoms with Gasteiger partial charge < -0.3 is 0 Å². The maximum Gasteiger partial charge on any atom is 0.0803 e. The fourth-order valence-electron chi connectivity index (χ4n) is 3.96. The van der Waals surface area contributed by atoms with E-state index in [4.69, 9.17) is 4.98 Å². The van der Waals surface area contributed by atoms with Crippen LogP contribution in [0.3, 0.4) is 0 Å². The first kappa shape index (κ1) is 14.9. The number of aromatic nitrogens is 1. The fourth-order valence-corrected chi connectivity index (χ4v) is 5.19. The van der Waals surface area contributed by atoms with Crippen molar-refractivity contribution in [3.05, 3.63) is 91.0 Å². The normalized spacial score (nSPS) is 11.7. The van der Waals surface area contributed by atoms with E-state index in [1.807, 2.05) is 11.3 Å². The van der Waals surface area contributed by atoms with E-state index in [1.165, 1.54) is 41.9 Å². The lowest BCUT2D eigenvalue weighted by atomic mass is 10.00. The zero-order valence-electron chi connectivity index (χ0n) is 14.5. The number of fused-ring (bicyclic) bond motifs is 6. The second-order valence-electron chi connectivity index (χ2n) is 6.84. The molecule has 0 N–H and O–H groups in total. The highest BCUT2D eigenvalue weighted by atomic mass is 32.1. The SMILES string of the molecule is c1ccc2cc(-c3nc4ccccc4c4sc5ccccc5c34)ccc2c1. The molecule has 0 saturated heterocycles. The minimum absolute atomic E-state index is 1.06. The molecule has 0 amide bonds. The van der Waals surface area contributed by atoms with Crippen LogP contribution in [0.5, 0.6) is 0 Å². The van der Waals surface area contributed by atoms with Gasteiger partial charge in [0.15, 0.2) is 0 Å². The van der Waals surface area contributed by atoms with Crippen molar-refractivity contribution in [3.63, 3.8) is 0 Å². The molecule has 2 heterocycles. The molecular weight excluding hydrogens is 346 g/mol. The van der Waals surface area contributed by atoms with Gasteiger partial charge in [0.1, 0.15) is 0 Å². The summed E-state index contributed by atoms with van der Waals surface area (Å²) in [5.41, 5.74) is 3.31. The Kier molecular flexibility index (Phi) is 3.11. The van der Waals surface area contributed by atoms with E-state index in [1.54, 1.807) is 0 Å². The van der Waals surface area contributed by atoms with Crippen LogP contribution in [0, 0.1) is 0 Å². The summed E-state index contributed by atoms with van der Waals surface area (Å²) in [6.07, 6.45) is 0. The third kappa shape index (κ3) is 2.20. The van der Waals surface area contributed by atoms with E-state index in [-0.39, 0.29) is 0 Å². The number of benzene rings is 4. The molecule has 0 spiro atoms. The molecule has 4 aromatic carbocycles. The topological polar surface area (TPSA) is 12.9 Å². The van der Waals surface area contributed by atoms with Crippen molar-refractivity contribution in [1.82, 2.24) is 4.98 Å². The maximum atomic E-state index is 5.11. The van der Waals surface area contributed by atoms with Crippen molar-refractivity contribution < 1.29 is 0 Å². The van der Waals surface area contributed by atoms with E-state index >= 15 is 0 Å². The highest BCUT2D eigenvalue weighted by Gasteiger charge is 2.15. The lowest BCUT2D eigenvalue weighted by Gasteiger charge is -2.08. The molecule has 2 heteroatoms. The molecule has 0 radical (unpaired) electrons. The number of hydrogen-bond acceptors (Lipinski definition) is 2. The van der Waals surface area contributed by atoms with Gasteiger partial charge in [-0.2, -0.15) is 0 Å². The number of para-hydroxylation sites is 1. The minimum Gasteiger partial charge on any atom is -0.247 e. The fraction of sp³-hybridized carbons (Fsp3) is 0. The van der Waals surface area contributed by atoms with Gasteiger partial charge >= 0.3 is 0 Å². The Morgan fingerprint density at radius 3 is 2.30 bits per heavy atom. The van der Waals surface area contributed by atoms with Gasteiger partial charge in [0, 0.05) is 31.1 Å². The summed E-state index contributed by atoms with van der Waals surface area (Å²) in [6.45, 7) is 0. The second kappa shape index (κ2) is 5.63. The van der Waals surface area contributed by atoms with Gasteiger partial charge in [-0.05, 0) is 29.0 Å². The molecule has 0 bridgehead atoms. The van der Waals surface area contributed by atoms with Crippen LogP contribution in [-0.4, -0.2) is 4.98 Å². The highest BCUT2D eigenvalue weighted by molar-refractivity contribution is 7.26. The van der Waals surface area contributed by atoms with Crippen molar-refractivity contribution >= 4 is 53.2 Å². The first-order chi connectivity index (χ1) is 13.4. The zero-order chi connectivity index (χ0) is 17.8. The summed E-state index contributed by atoms with van der Waals surface area (Å²) in [6, 6.07) is 32.3. The predicted molar refractivity (Wildman–Crippen MR) is 118 cm³/mol. The molecular formula is C25H15NS.